The molecule has 4 rings (SSSR count). The predicted molar refractivity (Wildman–Crippen MR) is 120 cm³/mol. The van der Waals surface area contributed by atoms with Gasteiger partial charge >= 0.3 is 0 Å². The fourth-order valence-electron chi connectivity index (χ4n) is 3.40. The van der Waals surface area contributed by atoms with Crippen molar-refractivity contribution in [3.8, 4) is 11.8 Å². The molecule has 3 aromatic rings. The molecule has 1 amide bonds. The van der Waals surface area contributed by atoms with E-state index in [1.807, 2.05) is 0 Å². The minimum Gasteiger partial charge on any atom is -0.489 e. The lowest BCUT2D eigenvalue weighted by Gasteiger charge is -2.32. The molecule has 164 valence electrons. The first-order chi connectivity index (χ1) is 15.4. The van der Waals surface area contributed by atoms with Gasteiger partial charge in [-0.2, -0.15) is 5.26 Å². The fraction of sp³-hybridized carbons (Fsp3) is 0.227. The number of carbonyl (C=O) groups is 1. The highest BCUT2D eigenvalue weighted by atomic mass is 32.2. The number of amides is 1. The molecule has 0 radical (unpaired) electrons. The van der Waals surface area contributed by atoms with Gasteiger partial charge in [0.15, 0.2) is 5.13 Å². The van der Waals surface area contributed by atoms with Gasteiger partial charge in [0, 0.05) is 11.9 Å². The van der Waals surface area contributed by atoms with Gasteiger partial charge in [-0.05, 0) is 43.2 Å². The molecule has 2 aromatic carbocycles. The molecule has 0 saturated carbocycles. The van der Waals surface area contributed by atoms with Gasteiger partial charge in [0.1, 0.15) is 17.5 Å². The number of ether oxygens (including phenoxy) is 1. The predicted octanol–water partition coefficient (Wildman–Crippen LogP) is 3.50. The maximum Gasteiger partial charge on any atom is 0.273 e. The molecule has 8 nitrogen and oxygen atoms in total. The number of likely N-dealkylation sites (tertiary alicyclic amines) is 1. The number of nitrogens with zero attached hydrogens (tertiary/aromatic N) is 3. The van der Waals surface area contributed by atoms with E-state index in [0.717, 1.165) is 24.2 Å². The molecule has 10 heteroatoms. The number of sulfonamides is 1. The van der Waals surface area contributed by atoms with Gasteiger partial charge in [0.25, 0.3) is 15.9 Å². The van der Waals surface area contributed by atoms with Crippen LogP contribution in [0.2, 0.25) is 0 Å². The van der Waals surface area contributed by atoms with Crippen molar-refractivity contribution in [1.29, 1.82) is 5.26 Å². The molecule has 0 aliphatic carbocycles. The Balaban J connectivity index is 1.41. The van der Waals surface area contributed by atoms with E-state index in [1.54, 1.807) is 52.7 Å². The van der Waals surface area contributed by atoms with Crippen LogP contribution in [0.5, 0.6) is 5.75 Å². The summed E-state index contributed by atoms with van der Waals surface area (Å²) in [7, 11) is -3.77. The summed E-state index contributed by atoms with van der Waals surface area (Å²) in [5.41, 5.74) is 0.701. The van der Waals surface area contributed by atoms with E-state index in [-0.39, 0.29) is 27.7 Å². The molecule has 0 spiro atoms. The second-order valence-corrected chi connectivity index (χ2v) is 9.77. The van der Waals surface area contributed by atoms with Gasteiger partial charge in [-0.1, -0.05) is 24.3 Å². The second-order valence-electron chi connectivity index (χ2n) is 7.23. The fourth-order valence-corrected chi connectivity index (χ4v) is 5.36. The van der Waals surface area contributed by atoms with E-state index in [0.29, 0.717) is 24.4 Å². The Hall–Kier alpha value is -3.42. The molecule has 1 N–H and O–H groups in total. The minimum atomic E-state index is -3.77. The van der Waals surface area contributed by atoms with Crippen molar-refractivity contribution in [2.75, 3.05) is 17.8 Å². The highest BCUT2D eigenvalue weighted by Crippen LogP contribution is 2.24. The number of anilines is 1. The van der Waals surface area contributed by atoms with Crippen LogP contribution in [0.15, 0.2) is 64.9 Å². The van der Waals surface area contributed by atoms with Crippen LogP contribution in [0.25, 0.3) is 0 Å². The summed E-state index contributed by atoms with van der Waals surface area (Å²) < 4.78 is 33.3. The quantitative estimate of drug-likeness (QED) is 0.593. The van der Waals surface area contributed by atoms with Crippen molar-refractivity contribution in [3.63, 3.8) is 0 Å². The Morgan fingerprint density at radius 1 is 1.22 bits per heavy atom. The zero-order valence-electron chi connectivity index (χ0n) is 17.0. The van der Waals surface area contributed by atoms with E-state index >= 15 is 0 Å². The van der Waals surface area contributed by atoms with E-state index in [9.17, 15) is 13.2 Å². The molecule has 32 heavy (non-hydrogen) atoms. The second kappa shape index (κ2) is 9.38. The Bertz CT molecular complexity index is 1250. The summed E-state index contributed by atoms with van der Waals surface area (Å²) >= 11 is 1.06. The third-order valence-corrected chi connectivity index (χ3v) is 7.17. The largest absolute Gasteiger partial charge is 0.489 e. The van der Waals surface area contributed by atoms with E-state index in [4.69, 9.17) is 10.00 Å². The molecular formula is C22H20N4O4S2. The minimum absolute atomic E-state index is 0.125. The van der Waals surface area contributed by atoms with Crippen molar-refractivity contribution < 1.29 is 17.9 Å². The Morgan fingerprint density at radius 3 is 2.81 bits per heavy atom. The van der Waals surface area contributed by atoms with Crippen molar-refractivity contribution >= 4 is 32.4 Å². The molecule has 1 atom stereocenters. The van der Waals surface area contributed by atoms with Crippen molar-refractivity contribution in [2.45, 2.75) is 23.8 Å². The van der Waals surface area contributed by atoms with Gasteiger partial charge in [0.2, 0.25) is 0 Å². The van der Waals surface area contributed by atoms with Crippen LogP contribution in [0.4, 0.5) is 5.13 Å². The monoisotopic (exact) mass is 468 g/mol. The smallest absolute Gasteiger partial charge is 0.273 e. The maximum absolute atomic E-state index is 12.9. The first-order valence-electron chi connectivity index (χ1n) is 9.94. The third-order valence-electron chi connectivity index (χ3n) is 4.93. The Labute approximate surface area is 190 Å². The molecule has 1 unspecified atom stereocenters. The Morgan fingerprint density at radius 2 is 2.03 bits per heavy atom. The number of aromatic nitrogens is 1. The van der Waals surface area contributed by atoms with Gasteiger partial charge < -0.3 is 9.64 Å². The number of thiazole rings is 1. The molecule has 1 saturated heterocycles. The van der Waals surface area contributed by atoms with Crippen LogP contribution in [-0.2, 0) is 10.0 Å². The molecular weight excluding hydrogens is 448 g/mol. The number of benzene rings is 2. The van der Waals surface area contributed by atoms with Gasteiger partial charge in [-0.15, -0.1) is 11.3 Å². The zero-order chi connectivity index (χ0) is 22.6. The van der Waals surface area contributed by atoms with Gasteiger partial charge in [-0.3, -0.25) is 9.52 Å². The van der Waals surface area contributed by atoms with Crippen LogP contribution in [0.3, 0.4) is 0 Å². The average molecular weight is 469 g/mol. The molecule has 1 fully saturated rings. The Kier molecular flexibility index (Phi) is 6.39. The van der Waals surface area contributed by atoms with Crippen LogP contribution in [0, 0.1) is 11.3 Å². The number of rotatable bonds is 6. The first-order valence-corrected chi connectivity index (χ1v) is 12.3. The van der Waals surface area contributed by atoms with Crippen molar-refractivity contribution in [3.05, 3.63) is 71.2 Å². The SMILES string of the molecule is N#Cc1cccc(OC2CCCN(C(=O)c3csc(NS(=O)(=O)c4ccccc4)n3)C2)c1. The van der Waals surface area contributed by atoms with Crippen molar-refractivity contribution in [2.24, 2.45) is 0 Å². The third kappa shape index (κ3) is 5.07. The van der Waals surface area contributed by atoms with Crippen molar-refractivity contribution in [1.82, 2.24) is 9.88 Å². The van der Waals surface area contributed by atoms with Crippen LogP contribution < -0.4 is 9.46 Å². The maximum atomic E-state index is 12.9. The zero-order valence-corrected chi connectivity index (χ0v) is 18.6. The van der Waals surface area contributed by atoms with Crippen LogP contribution in [0.1, 0.15) is 28.9 Å². The molecule has 0 bridgehead atoms. The lowest BCUT2D eigenvalue weighted by molar-refractivity contribution is 0.0533. The summed E-state index contributed by atoms with van der Waals surface area (Å²) in [6.07, 6.45) is 1.36. The molecule has 1 aliphatic rings. The van der Waals surface area contributed by atoms with E-state index in [2.05, 4.69) is 15.8 Å². The summed E-state index contributed by atoms with van der Waals surface area (Å²) in [6.45, 7) is 0.956. The number of nitrogens with one attached hydrogen (secondary N) is 1. The lowest BCUT2D eigenvalue weighted by Crippen LogP contribution is -2.44. The standard InChI is InChI=1S/C22H20N4O4S2/c23-13-16-6-4-7-17(12-16)30-18-8-5-11-26(14-18)21(27)20-15-31-22(24-20)25-32(28,29)19-9-2-1-3-10-19/h1-4,6-7,9-10,12,15,18H,5,8,11,14H2,(H,24,25). The molecule has 2 heterocycles. The molecule has 1 aliphatic heterocycles. The number of hydrogen-bond donors (Lipinski definition) is 1. The summed E-state index contributed by atoms with van der Waals surface area (Å²) in [4.78, 5) is 18.9. The number of nitriles is 1. The highest BCUT2D eigenvalue weighted by Gasteiger charge is 2.27. The number of carbonyl (C=O) groups excluding carboxylic acids is 1. The summed E-state index contributed by atoms with van der Waals surface area (Å²) in [5.74, 6) is 0.320. The molecule has 1 aromatic heterocycles. The van der Waals surface area contributed by atoms with E-state index < -0.39 is 10.0 Å². The van der Waals surface area contributed by atoms with Crippen LogP contribution in [-0.4, -0.2) is 43.4 Å². The van der Waals surface area contributed by atoms with Gasteiger partial charge in [0.05, 0.1) is 23.1 Å². The highest BCUT2D eigenvalue weighted by molar-refractivity contribution is 7.93. The van der Waals surface area contributed by atoms with E-state index in [1.165, 1.54) is 12.1 Å². The normalized spacial score (nSPS) is 16.2. The topological polar surface area (TPSA) is 112 Å². The first kappa shape index (κ1) is 21.8. The number of piperidine rings is 1. The van der Waals surface area contributed by atoms with Gasteiger partial charge in [-0.25, -0.2) is 13.4 Å². The van der Waals surface area contributed by atoms with Crippen LogP contribution >= 0.6 is 11.3 Å². The average Bonchev–Trinajstić information content (AvgIpc) is 3.27. The summed E-state index contributed by atoms with van der Waals surface area (Å²) in [5, 5.41) is 10.7. The number of hydrogen-bond acceptors (Lipinski definition) is 7. The summed E-state index contributed by atoms with van der Waals surface area (Å²) in [6, 6.07) is 17.0. The lowest BCUT2D eigenvalue weighted by atomic mass is 10.1.